The lowest BCUT2D eigenvalue weighted by Crippen LogP contribution is -1.98. The fourth-order valence-corrected chi connectivity index (χ4v) is 2.98. The van der Waals surface area contributed by atoms with Crippen LogP contribution in [0.3, 0.4) is 0 Å². The van der Waals surface area contributed by atoms with Gasteiger partial charge in [-0.05, 0) is 17.7 Å². The number of carbonyl (C=O) groups is 1. The van der Waals surface area contributed by atoms with E-state index in [4.69, 9.17) is 4.42 Å². The summed E-state index contributed by atoms with van der Waals surface area (Å²) in [5, 5.41) is 29.5. The Hall–Kier alpha value is -4.27. The van der Waals surface area contributed by atoms with Crippen molar-refractivity contribution in [3.63, 3.8) is 0 Å². The number of nitrogens with zero attached hydrogens (tertiary/aromatic N) is 4. The molecule has 29 heavy (non-hydrogen) atoms. The lowest BCUT2D eigenvalue weighted by molar-refractivity contribution is -0.402. The number of hydrogen-bond acceptors (Lipinski definition) is 6. The molecule has 0 aliphatic rings. The van der Waals surface area contributed by atoms with Crippen LogP contribution in [-0.4, -0.2) is 20.5 Å². The van der Waals surface area contributed by atoms with Crippen molar-refractivity contribution in [2.75, 3.05) is 0 Å². The predicted molar refractivity (Wildman–Crippen MR) is 103 cm³/mol. The van der Waals surface area contributed by atoms with E-state index in [2.05, 4.69) is 10.2 Å². The maximum Gasteiger partial charge on any atom is 0.433 e. The minimum absolute atomic E-state index is 0.130. The van der Waals surface area contributed by atoms with Crippen molar-refractivity contribution >= 4 is 28.4 Å². The van der Waals surface area contributed by atoms with Gasteiger partial charge in [-0.15, -0.1) is 10.2 Å². The summed E-state index contributed by atoms with van der Waals surface area (Å²) in [5.41, 5.74) is 1.83. The molecule has 144 valence electrons. The second-order valence-electron chi connectivity index (χ2n) is 6.16. The number of nitro groups is 1. The summed E-state index contributed by atoms with van der Waals surface area (Å²) < 4.78 is 6.50. The molecule has 0 radical (unpaired) electrons. The lowest BCUT2D eigenvalue weighted by Gasteiger charge is -2.06. The topological polar surface area (TPSA) is 123 Å². The monoisotopic (exact) mass is 390 g/mol. The van der Waals surface area contributed by atoms with Gasteiger partial charge in [-0.25, -0.2) is 0 Å². The smallest absolute Gasteiger partial charge is 0.433 e. The third-order valence-electron chi connectivity index (χ3n) is 4.32. The van der Waals surface area contributed by atoms with Gasteiger partial charge in [0.15, 0.2) is 5.69 Å². The molecule has 0 unspecified atom stereocenters. The average molecular weight is 390 g/mol. The van der Waals surface area contributed by atoms with Crippen molar-refractivity contribution in [2.24, 2.45) is 10.2 Å². The molecular formula is C20H14N4O5. The van der Waals surface area contributed by atoms with Crippen LogP contribution in [0.15, 0.2) is 81.4 Å². The van der Waals surface area contributed by atoms with E-state index in [1.54, 1.807) is 16.7 Å². The van der Waals surface area contributed by atoms with E-state index in [-0.39, 0.29) is 17.3 Å². The minimum atomic E-state index is -0.891. The van der Waals surface area contributed by atoms with E-state index in [1.165, 1.54) is 0 Å². The molecule has 1 N–H and O–H groups in total. The van der Waals surface area contributed by atoms with Gasteiger partial charge >= 0.3 is 11.8 Å². The predicted octanol–water partition coefficient (Wildman–Crippen LogP) is 4.82. The van der Waals surface area contributed by atoms with Crippen LogP contribution in [0.2, 0.25) is 0 Å². The molecule has 0 aliphatic carbocycles. The molecular weight excluding hydrogens is 376 g/mol. The molecule has 0 spiro atoms. The van der Waals surface area contributed by atoms with Crippen molar-refractivity contribution in [2.45, 2.75) is 6.54 Å². The van der Waals surface area contributed by atoms with Gasteiger partial charge in [-0.2, -0.15) is 0 Å². The molecule has 0 atom stereocenters. The number of rotatable bonds is 5. The van der Waals surface area contributed by atoms with Gasteiger partial charge in [-0.1, -0.05) is 48.5 Å². The molecule has 0 fully saturated rings. The number of fused-ring (bicyclic) bond motifs is 1. The SMILES string of the molecule is O=C(N=Nc1c(O)n(Cc2ccccc2)c2ccccc12)c1ccc([N+](=O)[O-])o1. The molecule has 9 heteroatoms. The molecule has 2 heterocycles. The molecule has 4 rings (SSSR count). The Kier molecular flexibility index (Phi) is 4.62. The van der Waals surface area contributed by atoms with Crippen LogP contribution in [0.25, 0.3) is 10.9 Å². The van der Waals surface area contributed by atoms with Crippen LogP contribution < -0.4 is 0 Å². The highest BCUT2D eigenvalue weighted by Gasteiger charge is 2.19. The molecule has 0 saturated heterocycles. The van der Waals surface area contributed by atoms with Crippen LogP contribution >= 0.6 is 0 Å². The lowest BCUT2D eigenvalue weighted by atomic mass is 10.2. The maximum absolute atomic E-state index is 12.1. The van der Waals surface area contributed by atoms with Gasteiger partial charge in [0.25, 0.3) is 0 Å². The van der Waals surface area contributed by atoms with E-state index < -0.39 is 16.7 Å². The summed E-state index contributed by atoms with van der Waals surface area (Å²) >= 11 is 0. The summed E-state index contributed by atoms with van der Waals surface area (Å²) in [5.74, 6) is -1.91. The number of aromatic nitrogens is 1. The van der Waals surface area contributed by atoms with E-state index in [0.29, 0.717) is 11.9 Å². The fraction of sp³-hybridized carbons (Fsp3) is 0.0500. The van der Waals surface area contributed by atoms with Gasteiger partial charge in [0.2, 0.25) is 11.6 Å². The molecule has 0 saturated carbocycles. The maximum atomic E-state index is 12.1. The zero-order chi connectivity index (χ0) is 20.4. The van der Waals surface area contributed by atoms with E-state index in [1.807, 2.05) is 42.5 Å². The second-order valence-corrected chi connectivity index (χ2v) is 6.16. The molecule has 2 aromatic heterocycles. The second kappa shape index (κ2) is 7.39. The van der Waals surface area contributed by atoms with Gasteiger partial charge in [-0.3, -0.25) is 14.9 Å². The Morgan fingerprint density at radius 2 is 1.79 bits per heavy atom. The van der Waals surface area contributed by atoms with Gasteiger partial charge < -0.3 is 14.1 Å². The van der Waals surface area contributed by atoms with Crippen molar-refractivity contribution in [1.29, 1.82) is 0 Å². The Morgan fingerprint density at radius 3 is 2.52 bits per heavy atom. The summed E-state index contributed by atoms with van der Waals surface area (Å²) in [6, 6.07) is 19.0. The standard InChI is InChI=1S/C20H14N4O5/c25-19(16-10-11-17(29-16)24(27)28)22-21-18-14-8-4-5-9-15(14)23(20(18)26)12-13-6-2-1-3-7-13/h1-11,26H,12H2. The average Bonchev–Trinajstić information content (AvgIpc) is 3.32. The Bertz CT molecular complexity index is 1240. The largest absolute Gasteiger partial charge is 0.493 e. The van der Waals surface area contributed by atoms with Crippen LogP contribution in [-0.2, 0) is 6.54 Å². The third-order valence-corrected chi connectivity index (χ3v) is 4.32. The molecule has 2 aromatic carbocycles. The number of para-hydroxylation sites is 1. The summed E-state index contributed by atoms with van der Waals surface area (Å²) in [6.07, 6.45) is 0. The quantitative estimate of drug-likeness (QED) is 0.297. The molecule has 9 nitrogen and oxygen atoms in total. The molecule has 0 bridgehead atoms. The minimum Gasteiger partial charge on any atom is -0.493 e. The van der Waals surface area contributed by atoms with Crippen molar-refractivity contribution in [1.82, 2.24) is 4.57 Å². The summed E-state index contributed by atoms with van der Waals surface area (Å²) in [6.45, 7) is 0.404. The highest BCUT2D eigenvalue weighted by molar-refractivity contribution is 5.96. The summed E-state index contributed by atoms with van der Waals surface area (Å²) in [7, 11) is 0. The Balaban J connectivity index is 1.70. The first-order valence-electron chi connectivity index (χ1n) is 8.59. The fourth-order valence-electron chi connectivity index (χ4n) is 2.98. The first-order chi connectivity index (χ1) is 14.0. The van der Waals surface area contributed by atoms with Gasteiger partial charge in [0.1, 0.15) is 4.92 Å². The van der Waals surface area contributed by atoms with Gasteiger partial charge in [0.05, 0.1) is 18.1 Å². The first-order valence-corrected chi connectivity index (χ1v) is 8.59. The Labute approximate surface area is 163 Å². The van der Waals surface area contributed by atoms with Crippen molar-refractivity contribution in [3.05, 3.63) is 88.2 Å². The summed E-state index contributed by atoms with van der Waals surface area (Å²) in [4.78, 5) is 22.1. The number of carbonyl (C=O) groups excluding carboxylic acids is 1. The van der Waals surface area contributed by atoms with Crippen LogP contribution in [0.5, 0.6) is 5.88 Å². The van der Waals surface area contributed by atoms with Crippen LogP contribution in [0.1, 0.15) is 16.1 Å². The Morgan fingerprint density at radius 1 is 1.07 bits per heavy atom. The highest BCUT2D eigenvalue weighted by atomic mass is 16.6. The van der Waals surface area contributed by atoms with Gasteiger partial charge in [0, 0.05) is 5.39 Å². The van der Waals surface area contributed by atoms with Crippen LogP contribution in [0, 0.1) is 10.1 Å². The molecule has 1 amide bonds. The highest BCUT2D eigenvalue weighted by Crippen LogP contribution is 2.39. The van der Waals surface area contributed by atoms with E-state index in [9.17, 15) is 20.0 Å². The molecule has 0 aliphatic heterocycles. The normalized spacial score (nSPS) is 11.3. The number of amides is 1. The zero-order valence-electron chi connectivity index (χ0n) is 14.9. The number of aromatic hydroxyl groups is 1. The number of benzene rings is 2. The third kappa shape index (κ3) is 3.48. The van der Waals surface area contributed by atoms with Crippen molar-refractivity contribution < 1.29 is 19.2 Å². The first kappa shape index (κ1) is 18.1. The van der Waals surface area contributed by atoms with E-state index >= 15 is 0 Å². The molecule has 4 aromatic rings. The number of furan rings is 1. The van der Waals surface area contributed by atoms with E-state index in [0.717, 1.165) is 23.2 Å². The zero-order valence-corrected chi connectivity index (χ0v) is 14.9. The van der Waals surface area contributed by atoms with Crippen LogP contribution in [0.4, 0.5) is 11.6 Å². The number of hydrogen-bond donors (Lipinski definition) is 1. The number of azo groups is 1. The van der Waals surface area contributed by atoms with Crippen molar-refractivity contribution in [3.8, 4) is 5.88 Å².